The lowest BCUT2D eigenvalue weighted by atomic mass is 10.2. The van der Waals surface area contributed by atoms with Crippen LogP contribution in [0, 0.1) is 6.92 Å². The van der Waals surface area contributed by atoms with Crippen LogP contribution in [0.4, 0.5) is 5.69 Å². The van der Waals surface area contributed by atoms with Crippen LogP contribution in [-0.2, 0) is 22.5 Å². The molecule has 0 saturated heterocycles. The van der Waals surface area contributed by atoms with Crippen molar-refractivity contribution in [1.82, 2.24) is 14.5 Å². The molecule has 1 amide bonds. The van der Waals surface area contributed by atoms with Gasteiger partial charge in [-0.2, -0.15) is 0 Å². The molecule has 25 heavy (non-hydrogen) atoms. The van der Waals surface area contributed by atoms with E-state index < -0.39 is 0 Å². The van der Waals surface area contributed by atoms with Crippen LogP contribution in [-0.4, -0.2) is 34.2 Å². The summed E-state index contributed by atoms with van der Waals surface area (Å²) in [4.78, 5) is 21.2. The Balaban J connectivity index is 1.69. The second kappa shape index (κ2) is 7.90. The molecule has 2 aromatic heterocycles. The van der Waals surface area contributed by atoms with Crippen LogP contribution < -0.4 is 5.32 Å². The minimum absolute atomic E-state index is 0.0258. The molecule has 0 aliphatic heterocycles. The maximum Gasteiger partial charge on any atom is 0.224 e. The third-order valence-electron chi connectivity index (χ3n) is 4.01. The van der Waals surface area contributed by atoms with Gasteiger partial charge in [-0.1, -0.05) is 17.7 Å². The highest BCUT2D eigenvalue weighted by Gasteiger charge is 2.13. The van der Waals surface area contributed by atoms with E-state index in [1.165, 1.54) is 0 Å². The molecule has 0 radical (unpaired) electrons. The zero-order valence-electron chi connectivity index (χ0n) is 14.5. The summed E-state index contributed by atoms with van der Waals surface area (Å²) in [5, 5.41) is 2.92. The van der Waals surface area contributed by atoms with Gasteiger partial charge in [-0.15, -0.1) is 0 Å². The second-order valence-corrected chi connectivity index (χ2v) is 5.93. The first-order valence-electron chi connectivity index (χ1n) is 8.33. The Hall–Kier alpha value is -2.73. The number of fused-ring (bicyclic) bond motifs is 1. The summed E-state index contributed by atoms with van der Waals surface area (Å²) in [5.41, 5.74) is 3.64. The van der Waals surface area contributed by atoms with Crippen molar-refractivity contribution in [2.45, 2.75) is 26.3 Å². The summed E-state index contributed by atoms with van der Waals surface area (Å²) in [6.45, 7) is 3.26. The number of pyridine rings is 1. The van der Waals surface area contributed by atoms with Crippen molar-refractivity contribution >= 4 is 22.8 Å². The van der Waals surface area contributed by atoms with Crippen molar-refractivity contribution in [2.24, 2.45) is 0 Å². The number of nitrogens with one attached hydrogen (secondary N) is 1. The number of carbonyl (C=O) groups is 1. The SMILES string of the molecule is COCCn1c(CCC(=O)Nc2ccc(C)cc2)nc2cccnc21. The number of nitrogens with zero attached hydrogens (tertiary/aromatic N) is 3. The highest BCUT2D eigenvalue weighted by atomic mass is 16.5. The molecule has 130 valence electrons. The summed E-state index contributed by atoms with van der Waals surface area (Å²) in [6.07, 6.45) is 2.67. The Morgan fingerprint density at radius 2 is 2.04 bits per heavy atom. The van der Waals surface area contributed by atoms with Gasteiger partial charge in [0.25, 0.3) is 0 Å². The first-order valence-corrected chi connectivity index (χ1v) is 8.33. The highest BCUT2D eigenvalue weighted by molar-refractivity contribution is 5.90. The molecular formula is C19H22N4O2. The average Bonchev–Trinajstić information content (AvgIpc) is 2.98. The van der Waals surface area contributed by atoms with Crippen molar-refractivity contribution in [1.29, 1.82) is 0 Å². The molecule has 3 rings (SSSR count). The number of imidazole rings is 1. The number of amides is 1. The van der Waals surface area contributed by atoms with Crippen LogP contribution in [0.25, 0.3) is 11.2 Å². The largest absolute Gasteiger partial charge is 0.383 e. The molecule has 0 fully saturated rings. The van der Waals surface area contributed by atoms with E-state index in [0.29, 0.717) is 26.0 Å². The van der Waals surface area contributed by atoms with Crippen molar-refractivity contribution in [3.05, 3.63) is 54.0 Å². The van der Waals surface area contributed by atoms with Gasteiger partial charge < -0.3 is 14.6 Å². The zero-order chi connectivity index (χ0) is 17.6. The van der Waals surface area contributed by atoms with Crippen LogP contribution in [0.1, 0.15) is 17.8 Å². The molecule has 1 N–H and O–H groups in total. The van der Waals surface area contributed by atoms with E-state index in [1.54, 1.807) is 13.3 Å². The molecule has 0 aliphatic carbocycles. The van der Waals surface area contributed by atoms with Gasteiger partial charge in [-0.25, -0.2) is 9.97 Å². The maximum absolute atomic E-state index is 12.2. The normalized spacial score (nSPS) is 11.0. The average molecular weight is 338 g/mol. The molecule has 1 aromatic carbocycles. The van der Waals surface area contributed by atoms with Gasteiger partial charge >= 0.3 is 0 Å². The molecule has 0 spiro atoms. The van der Waals surface area contributed by atoms with Gasteiger partial charge in [-0.05, 0) is 31.2 Å². The standard InChI is InChI=1S/C19H22N4O2/c1-14-5-7-15(8-6-14)21-18(24)10-9-17-22-16-4-3-11-20-19(16)23(17)12-13-25-2/h3-8,11H,9-10,12-13H2,1-2H3,(H,21,24). The Morgan fingerprint density at radius 1 is 1.24 bits per heavy atom. The van der Waals surface area contributed by atoms with Crippen molar-refractivity contribution in [3.8, 4) is 0 Å². The van der Waals surface area contributed by atoms with E-state index >= 15 is 0 Å². The lowest BCUT2D eigenvalue weighted by Crippen LogP contribution is -2.15. The molecule has 0 aliphatic rings. The topological polar surface area (TPSA) is 69.0 Å². The predicted molar refractivity (Wildman–Crippen MR) is 97.5 cm³/mol. The number of methoxy groups -OCH3 is 1. The van der Waals surface area contributed by atoms with Gasteiger partial charge in [0.15, 0.2) is 5.65 Å². The molecule has 0 atom stereocenters. The lowest BCUT2D eigenvalue weighted by molar-refractivity contribution is -0.116. The molecule has 3 aromatic rings. The molecule has 2 heterocycles. The molecule has 0 unspecified atom stereocenters. The van der Waals surface area contributed by atoms with E-state index in [1.807, 2.05) is 47.9 Å². The van der Waals surface area contributed by atoms with Gasteiger partial charge in [0.05, 0.1) is 6.61 Å². The maximum atomic E-state index is 12.2. The molecule has 0 saturated carbocycles. The number of anilines is 1. The molecule has 6 heteroatoms. The third kappa shape index (κ3) is 4.22. The van der Waals surface area contributed by atoms with Gasteiger partial charge in [-0.3, -0.25) is 4.79 Å². The number of hydrogen-bond acceptors (Lipinski definition) is 4. The Kier molecular flexibility index (Phi) is 5.40. The summed E-state index contributed by atoms with van der Waals surface area (Å²) in [7, 11) is 1.67. The minimum atomic E-state index is -0.0258. The third-order valence-corrected chi connectivity index (χ3v) is 4.01. The van der Waals surface area contributed by atoms with Crippen LogP contribution in [0.2, 0.25) is 0 Å². The first-order chi connectivity index (χ1) is 12.2. The van der Waals surface area contributed by atoms with E-state index in [0.717, 1.165) is 28.2 Å². The van der Waals surface area contributed by atoms with E-state index in [4.69, 9.17) is 4.74 Å². The molecular weight excluding hydrogens is 316 g/mol. The van der Waals surface area contributed by atoms with E-state index in [2.05, 4.69) is 15.3 Å². The Bertz CT molecular complexity index is 855. The Labute approximate surface area is 146 Å². The number of aromatic nitrogens is 3. The second-order valence-electron chi connectivity index (χ2n) is 5.93. The lowest BCUT2D eigenvalue weighted by Gasteiger charge is -2.08. The molecule has 6 nitrogen and oxygen atoms in total. The summed E-state index contributed by atoms with van der Waals surface area (Å²) < 4.78 is 7.20. The number of rotatable bonds is 7. The van der Waals surface area contributed by atoms with Crippen molar-refractivity contribution in [3.63, 3.8) is 0 Å². The van der Waals surface area contributed by atoms with Gasteiger partial charge in [0.2, 0.25) is 5.91 Å². The smallest absolute Gasteiger partial charge is 0.224 e. The first kappa shape index (κ1) is 17.1. The number of benzene rings is 1. The van der Waals surface area contributed by atoms with Crippen LogP contribution in [0.15, 0.2) is 42.6 Å². The van der Waals surface area contributed by atoms with Crippen molar-refractivity contribution < 1.29 is 9.53 Å². The molecule has 0 bridgehead atoms. The quantitative estimate of drug-likeness (QED) is 0.719. The van der Waals surface area contributed by atoms with E-state index in [-0.39, 0.29) is 5.91 Å². The van der Waals surface area contributed by atoms with Crippen LogP contribution in [0.5, 0.6) is 0 Å². The summed E-state index contributed by atoms with van der Waals surface area (Å²) in [6, 6.07) is 11.6. The fourth-order valence-corrected chi connectivity index (χ4v) is 2.70. The van der Waals surface area contributed by atoms with Crippen LogP contribution in [0.3, 0.4) is 0 Å². The number of ether oxygens (including phenoxy) is 1. The predicted octanol–water partition coefficient (Wildman–Crippen LogP) is 2.96. The Morgan fingerprint density at radius 3 is 2.80 bits per heavy atom. The van der Waals surface area contributed by atoms with Crippen LogP contribution >= 0.6 is 0 Å². The fraction of sp³-hybridized carbons (Fsp3) is 0.316. The summed E-state index contributed by atoms with van der Waals surface area (Å²) in [5.74, 6) is 0.826. The highest BCUT2D eigenvalue weighted by Crippen LogP contribution is 2.15. The van der Waals surface area contributed by atoms with Crippen molar-refractivity contribution in [2.75, 3.05) is 19.0 Å². The van der Waals surface area contributed by atoms with Gasteiger partial charge in [0.1, 0.15) is 11.3 Å². The number of aryl methyl sites for hydroxylation is 2. The monoisotopic (exact) mass is 338 g/mol. The number of hydrogen-bond donors (Lipinski definition) is 1. The fourth-order valence-electron chi connectivity index (χ4n) is 2.70. The van der Waals surface area contributed by atoms with Gasteiger partial charge in [0, 0.05) is 38.4 Å². The minimum Gasteiger partial charge on any atom is -0.383 e. The zero-order valence-corrected chi connectivity index (χ0v) is 14.5. The summed E-state index contributed by atoms with van der Waals surface area (Å²) >= 11 is 0. The number of carbonyl (C=O) groups excluding carboxylic acids is 1. The van der Waals surface area contributed by atoms with E-state index in [9.17, 15) is 4.79 Å².